The van der Waals surface area contributed by atoms with Gasteiger partial charge in [-0.25, -0.2) is 0 Å². The van der Waals surface area contributed by atoms with Crippen LogP contribution in [-0.4, -0.2) is 37.9 Å². The van der Waals surface area contributed by atoms with Crippen molar-refractivity contribution in [2.24, 2.45) is 0 Å². The van der Waals surface area contributed by atoms with Gasteiger partial charge in [0.1, 0.15) is 23.0 Å². The van der Waals surface area contributed by atoms with Crippen LogP contribution in [0.2, 0.25) is 10.0 Å². The Kier molecular flexibility index (Phi) is 7.05. The number of hydrogen-bond donors (Lipinski definition) is 1. The number of nitrogens with zero attached hydrogens (tertiary/aromatic N) is 1. The van der Waals surface area contributed by atoms with E-state index in [9.17, 15) is 9.59 Å². The van der Waals surface area contributed by atoms with Crippen molar-refractivity contribution in [1.82, 2.24) is 10.2 Å². The van der Waals surface area contributed by atoms with E-state index >= 15 is 0 Å². The first-order valence-corrected chi connectivity index (χ1v) is 9.98. The number of hydrogen-bond acceptors (Lipinski definition) is 4. The second kappa shape index (κ2) is 9.73. The average Bonchev–Trinajstić information content (AvgIpc) is 3.23. The molecule has 31 heavy (non-hydrogen) atoms. The number of halogens is 2. The molecule has 1 heterocycles. The molecule has 1 N–H and O–H groups in total. The molecule has 2 aromatic carbocycles. The molecule has 6 nitrogen and oxygen atoms in total. The summed E-state index contributed by atoms with van der Waals surface area (Å²) in [6.07, 6.45) is 1.48. The van der Waals surface area contributed by atoms with Crippen molar-refractivity contribution < 1.29 is 18.7 Å². The molecule has 160 valence electrons. The number of methoxy groups -OCH3 is 1. The third kappa shape index (κ3) is 5.48. The number of carbonyl (C=O) groups excluding carboxylic acids is 2. The zero-order valence-corrected chi connectivity index (χ0v) is 18.6. The molecule has 0 saturated heterocycles. The van der Waals surface area contributed by atoms with E-state index in [-0.39, 0.29) is 11.6 Å². The van der Waals surface area contributed by atoms with E-state index in [0.29, 0.717) is 32.9 Å². The van der Waals surface area contributed by atoms with E-state index in [1.807, 2.05) is 0 Å². The van der Waals surface area contributed by atoms with Crippen LogP contribution in [0.1, 0.15) is 16.1 Å². The molecule has 0 unspecified atom stereocenters. The maximum absolute atomic E-state index is 12.6. The van der Waals surface area contributed by atoms with E-state index in [2.05, 4.69) is 5.32 Å². The summed E-state index contributed by atoms with van der Waals surface area (Å²) in [4.78, 5) is 26.6. The zero-order valence-electron chi connectivity index (χ0n) is 17.1. The number of benzene rings is 2. The monoisotopic (exact) mass is 458 g/mol. The quantitative estimate of drug-likeness (QED) is 0.520. The largest absolute Gasteiger partial charge is 0.497 e. The maximum atomic E-state index is 12.6. The summed E-state index contributed by atoms with van der Waals surface area (Å²) >= 11 is 12.0. The molecule has 0 fully saturated rings. The lowest BCUT2D eigenvalue weighted by molar-refractivity contribution is -0.124. The van der Waals surface area contributed by atoms with Crippen LogP contribution in [-0.2, 0) is 4.79 Å². The summed E-state index contributed by atoms with van der Waals surface area (Å²) in [6.45, 7) is 0. The van der Waals surface area contributed by atoms with E-state index in [1.165, 1.54) is 11.0 Å². The topological polar surface area (TPSA) is 71.8 Å². The van der Waals surface area contributed by atoms with Crippen LogP contribution in [0.15, 0.2) is 64.7 Å². The number of ether oxygens (including phenoxy) is 1. The van der Waals surface area contributed by atoms with Crippen LogP contribution in [0.4, 0.5) is 0 Å². The maximum Gasteiger partial charge on any atom is 0.269 e. The molecule has 0 atom stereocenters. The van der Waals surface area contributed by atoms with E-state index in [1.54, 1.807) is 75.8 Å². The lowest BCUT2D eigenvalue weighted by Crippen LogP contribution is -2.34. The van der Waals surface area contributed by atoms with Gasteiger partial charge in [-0.05, 0) is 54.6 Å². The van der Waals surface area contributed by atoms with Gasteiger partial charge in [0, 0.05) is 31.3 Å². The summed E-state index contributed by atoms with van der Waals surface area (Å²) in [7, 11) is 4.74. The van der Waals surface area contributed by atoms with Crippen molar-refractivity contribution in [2.75, 3.05) is 21.2 Å². The fourth-order valence-corrected chi connectivity index (χ4v) is 3.00. The minimum atomic E-state index is -0.430. The van der Waals surface area contributed by atoms with Gasteiger partial charge in [-0.2, -0.15) is 0 Å². The summed E-state index contributed by atoms with van der Waals surface area (Å²) in [5.74, 6) is 0.751. The van der Waals surface area contributed by atoms with Gasteiger partial charge in [-0.1, -0.05) is 23.2 Å². The minimum absolute atomic E-state index is 0.0702. The fraction of sp³-hybridized carbons (Fsp3) is 0.130. The normalized spacial score (nSPS) is 11.2. The Balaban J connectivity index is 1.88. The van der Waals surface area contributed by atoms with Gasteiger partial charge in [-0.15, -0.1) is 0 Å². The SMILES string of the molecule is COc1ccc(C(=O)N/C(=C/c2ccc(-c3ccc(Cl)c(Cl)c3)o2)C(=O)N(C)C)cc1. The summed E-state index contributed by atoms with van der Waals surface area (Å²) in [5, 5.41) is 3.50. The van der Waals surface area contributed by atoms with Crippen molar-refractivity contribution in [1.29, 1.82) is 0 Å². The Morgan fingerprint density at radius 1 is 1.00 bits per heavy atom. The van der Waals surface area contributed by atoms with Crippen molar-refractivity contribution in [3.05, 3.63) is 81.7 Å². The molecule has 1 aromatic heterocycles. The number of furan rings is 1. The first kappa shape index (κ1) is 22.5. The van der Waals surface area contributed by atoms with E-state index in [4.69, 9.17) is 32.4 Å². The molecule has 0 radical (unpaired) electrons. The predicted octanol–water partition coefficient (Wildman–Crippen LogP) is 5.12. The molecule has 0 saturated carbocycles. The van der Waals surface area contributed by atoms with Gasteiger partial charge in [-0.3, -0.25) is 9.59 Å². The lowest BCUT2D eigenvalue weighted by Gasteiger charge is -2.14. The van der Waals surface area contributed by atoms with Gasteiger partial charge < -0.3 is 19.4 Å². The highest BCUT2D eigenvalue weighted by Crippen LogP contribution is 2.30. The first-order valence-electron chi connectivity index (χ1n) is 9.22. The third-order valence-corrected chi connectivity index (χ3v) is 5.09. The standard InChI is InChI=1S/C23H20Cl2N2O4/c1-27(2)23(29)20(26-22(28)14-4-7-16(30-3)8-5-14)13-17-9-11-21(31-17)15-6-10-18(24)19(25)12-15/h4-13H,1-3H3,(H,26,28)/b20-13+. The zero-order chi connectivity index (χ0) is 22.5. The van der Waals surface area contributed by atoms with Crippen LogP contribution in [0.25, 0.3) is 17.4 Å². The second-order valence-electron chi connectivity index (χ2n) is 6.77. The van der Waals surface area contributed by atoms with Crippen molar-refractivity contribution in [3.8, 4) is 17.1 Å². The average molecular weight is 459 g/mol. The van der Waals surface area contributed by atoms with Crippen LogP contribution >= 0.6 is 23.2 Å². The van der Waals surface area contributed by atoms with Crippen LogP contribution in [0.3, 0.4) is 0 Å². The molecule has 0 spiro atoms. The highest BCUT2D eigenvalue weighted by Gasteiger charge is 2.17. The number of carbonyl (C=O) groups is 2. The van der Waals surface area contributed by atoms with Crippen molar-refractivity contribution in [2.45, 2.75) is 0 Å². The number of amides is 2. The van der Waals surface area contributed by atoms with Gasteiger partial charge in [0.2, 0.25) is 0 Å². The predicted molar refractivity (Wildman–Crippen MR) is 121 cm³/mol. The van der Waals surface area contributed by atoms with Crippen molar-refractivity contribution >= 4 is 41.1 Å². The molecule has 3 aromatic rings. The summed E-state index contributed by atoms with van der Waals surface area (Å²) < 4.78 is 10.9. The first-order chi connectivity index (χ1) is 14.8. The molecule has 0 aliphatic heterocycles. The van der Waals surface area contributed by atoms with Gasteiger partial charge >= 0.3 is 0 Å². The Morgan fingerprint density at radius 3 is 2.32 bits per heavy atom. The summed E-state index contributed by atoms with van der Waals surface area (Å²) in [5.41, 5.74) is 1.19. The molecule has 2 amide bonds. The van der Waals surface area contributed by atoms with Crippen molar-refractivity contribution in [3.63, 3.8) is 0 Å². The molecule has 0 bridgehead atoms. The van der Waals surface area contributed by atoms with Gasteiger partial charge in [0.25, 0.3) is 11.8 Å². The molecule has 8 heteroatoms. The third-order valence-electron chi connectivity index (χ3n) is 4.35. The highest BCUT2D eigenvalue weighted by molar-refractivity contribution is 6.42. The fourth-order valence-electron chi connectivity index (χ4n) is 2.71. The Morgan fingerprint density at radius 2 is 1.71 bits per heavy atom. The number of likely N-dealkylation sites (N-methyl/N-ethyl adjacent to an activating group) is 1. The molecular formula is C23H20Cl2N2O4. The second-order valence-corrected chi connectivity index (χ2v) is 7.59. The van der Waals surface area contributed by atoms with Gasteiger partial charge in [0.15, 0.2) is 0 Å². The minimum Gasteiger partial charge on any atom is -0.497 e. The number of rotatable bonds is 6. The summed E-state index contributed by atoms with van der Waals surface area (Å²) in [6, 6.07) is 15.1. The number of nitrogens with one attached hydrogen (secondary N) is 1. The smallest absolute Gasteiger partial charge is 0.269 e. The lowest BCUT2D eigenvalue weighted by atomic mass is 10.2. The molecule has 0 aliphatic rings. The van der Waals surface area contributed by atoms with Crippen LogP contribution < -0.4 is 10.1 Å². The molecular weight excluding hydrogens is 439 g/mol. The Bertz CT molecular complexity index is 1130. The van der Waals surface area contributed by atoms with Crippen LogP contribution in [0.5, 0.6) is 5.75 Å². The Labute approximate surface area is 190 Å². The Hall–Kier alpha value is -3.22. The highest BCUT2D eigenvalue weighted by atomic mass is 35.5. The molecule has 0 aliphatic carbocycles. The van der Waals surface area contributed by atoms with Crippen LogP contribution in [0, 0.1) is 0 Å². The van der Waals surface area contributed by atoms with Gasteiger partial charge in [0.05, 0.1) is 17.2 Å². The van der Waals surface area contributed by atoms with E-state index < -0.39 is 5.91 Å². The molecule has 3 rings (SSSR count). The van der Waals surface area contributed by atoms with E-state index in [0.717, 1.165) is 5.56 Å².